The number of furan rings is 1. The Bertz CT molecular complexity index is 1010. The number of aromatic amines is 1. The fraction of sp³-hybridized carbons (Fsp3) is 0.263. The Balaban J connectivity index is 1.48. The SMILES string of the molecule is Cc1cccc(-c2n[nH]c(=S)n2CCC(=O)NCCNC(=O)c2ccco2)c1. The minimum Gasteiger partial charge on any atom is -0.459 e. The lowest BCUT2D eigenvalue weighted by Gasteiger charge is -2.09. The molecule has 146 valence electrons. The van der Waals surface area contributed by atoms with Gasteiger partial charge in [0.1, 0.15) is 0 Å². The van der Waals surface area contributed by atoms with Gasteiger partial charge >= 0.3 is 0 Å². The van der Waals surface area contributed by atoms with Gasteiger partial charge in [-0.25, -0.2) is 0 Å². The molecule has 2 aromatic heterocycles. The fourth-order valence-electron chi connectivity index (χ4n) is 2.70. The Hall–Kier alpha value is -3.20. The molecule has 0 radical (unpaired) electrons. The summed E-state index contributed by atoms with van der Waals surface area (Å²) < 4.78 is 7.27. The highest BCUT2D eigenvalue weighted by Crippen LogP contribution is 2.18. The van der Waals surface area contributed by atoms with Crippen molar-refractivity contribution in [3.63, 3.8) is 0 Å². The number of carbonyl (C=O) groups excluding carboxylic acids is 2. The van der Waals surface area contributed by atoms with Gasteiger partial charge in [-0.3, -0.25) is 19.3 Å². The lowest BCUT2D eigenvalue weighted by atomic mass is 10.1. The molecular weight excluding hydrogens is 378 g/mol. The minimum atomic E-state index is -0.313. The van der Waals surface area contributed by atoms with Crippen molar-refractivity contribution >= 4 is 24.0 Å². The van der Waals surface area contributed by atoms with E-state index in [4.69, 9.17) is 16.6 Å². The van der Waals surface area contributed by atoms with Gasteiger partial charge in [-0.15, -0.1) is 0 Å². The zero-order valence-corrected chi connectivity index (χ0v) is 16.2. The summed E-state index contributed by atoms with van der Waals surface area (Å²) in [6.45, 7) is 3.05. The molecule has 0 saturated carbocycles. The normalized spacial score (nSPS) is 10.6. The van der Waals surface area contributed by atoms with Crippen molar-refractivity contribution in [1.29, 1.82) is 0 Å². The average Bonchev–Trinajstić information content (AvgIpc) is 3.33. The topological polar surface area (TPSA) is 105 Å². The molecule has 0 aliphatic heterocycles. The average molecular weight is 399 g/mol. The summed E-state index contributed by atoms with van der Waals surface area (Å²) in [7, 11) is 0. The number of carbonyl (C=O) groups is 2. The summed E-state index contributed by atoms with van der Waals surface area (Å²) >= 11 is 5.29. The molecule has 8 nitrogen and oxygen atoms in total. The second-order valence-corrected chi connectivity index (χ2v) is 6.59. The number of aryl methyl sites for hydroxylation is 1. The Morgan fingerprint density at radius 2 is 2.04 bits per heavy atom. The van der Waals surface area contributed by atoms with Gasteiger partial charge in [0.05, 0.1) is 6.26 Å². The minimum absolute atomic E-state index is 0.134. The van der Waals surface area contributed by atoms with Gasteiger partial charge in [0.25, 0.3) is 5.91 Å². The summed E-state index contributed by atoms with van der Waals surface area (Å²) in [6.07, 6.45) is 1.68. The molecule has 1 aromatic carbocycles. The van der Waals surface area contributed by atoms with Gasteiger partial charge in [-0.05, 0) is 37.3 Å². The van der Waals surface area contributed by atoms with Crippen LogP contribution in [0.25, 0.3) is 11.4 Å². The molecule has 0 fully saturated rings. The van der Waals surface area contributed by atoms with Crippen LogP contribution in [0.5, 0.6) is 0 Å². The summed E-state index contributed by atoms with van der Waals surface area (Å²) in [6, 6.07) is 11.2. The molecule has 3 aromatic rings. The van der Waals surface area contributed by atoms with E-state index in [0.717, 1.165) is 11.1 Å². The van der Waals surface area contributed by atoms with E-state index in [1.54, 1.807) is 12.1 Å². The van der Waals surface area contributed by atoms with Crippen LogP contribution in [0.1, 0.15) is 22.5 Å². The maximum Gasteiger partial charge on any atom is 0.287 e. The lowest BCUT2D eigenvalue weighted by molar-refractivity contribution is -0.121. The van der Waals surface area contributed by atoms with Crippen molar-refractivity contribution < 1.29 is 14.0 Å². The van der Waals surface area contributed by atoms with Crippen LogP contribution < -0.4 is 10.6 Å². The Morgan fingerprint density at radius 3 is 2.79 bits per heavy atom. The fourth-order valence-corrected chi connectivity index (χ4v) is 2.93. The van der Waals surface area contributed by atoms with Crippen LogP contribution in [-0.2, 0) is 11.3 Å². The molecule has 3 rings (SSSR count). The summed E-state index contributed by atoms with van der Waals surface area (Å²) in [4.78, 5) is 23.8. The molecule has 0 aliphatic rings. The maximum atomic E-state index is 12.1. The molecule has 0 saturated heterocycles. The maximum absolute atomic E-state index is 12.1. The predicted octanol–water partition coefficient (Wildman–Crippen LogP) is 2.45. The molecule has 0 bridgehead atoms. The van der Waals surface area contributed by atoms with Gasteiger partial charge in [0.15, 0.2) is 16.4 Å². The predicted molar refractivity (Wildman–Crippen MR) is 106 cm³/mol. The molecule has 2 amide bonds. The largest absolute Gasteiger partial charge is 0.459 e. The van der Waals surface area contributed by atoms with Crippen LogP contribution in [0.3, 0.4) is 0 Å². The van der Waals surface area contributed by atoms with Crippen LogP contribution in [0, 0.1) is 11.7 Å². The number of amides is 2. The number of aromatic nitrogens is 3. The van der Waals surface area contributed by atoms with E-state index < -0.39 is 0 Å². The van der Waals surface area contributed by atoms with Crippen LogP contribution in [0.2, 0.25) is 0 Å². The van der Waals surface area contributed by atoms with E-state index in [0.29, 0.717) is 30.2 Å². The van der Waals surface area contributed by atoms with Gasteiger partial charge in [0, 0.05) is 31.6 Å². The quantitative estimate of drug-likeness (QED) is 0.399. The lowest BCUT2D eigenvalue weighted by Crippen LogP contribution is -2.34. The number of H-pyrrole nitrogens is 1. The van der Waals surface area contributed by atoms with Gasteiger partial charge < -0.3 is 15.1 Å². The Morgan fingerprint density at radius 1 is 1.21 bits per heavy atom. The third-order valence-corrected chi connectivity index (χ3v) is 4.39. The number of hydrogen-bond donors (Lipinski definition) is 3. The first-order valence-electron chi connectivity index (χ1n) is 8.85. The van der Waals surface area contributed by atoms with E-state index >= 15 is 0 Å². The van der Waals surface area contributed by atoms with Crippen molar-refractivity contribution in [2.24, 2.45) is 0 Å². The highest BCUT2D eigenvalue weighted by molar-refractivity contribution is 7.71. The molecule has 0 unspecified atom stereocenters. The van der Waals surface area contributed by atoms with Crippen molar-refractivity contribution in [1.82, 2.24) is 25.4 Å². The van der Waals surface area contributed by atoms with Crippen molar-refractivity contribution in [2.45, 2.75) is 19.9 Å². The molecular formula is C19H21N5O3S. The highest BCUT2D eigenvalue weighted by Gasteiger charge is 2.11. The number of hydrogen-bond acceptors (Lipinski definition) is 5. The molecule has 0 atom stereocenters. The van der Waals surface area contributed by atoms with Gasteiger partial charge in [0.2, 0.25) is 5.91 Å². The molecule has 0 spiro atoms. The number of nitrogens with one attached hydrogen (secondary N) is 3. The van der Waals surface area contributed by atoms with E-state index in [9.17, 15) is 9.59 Å². The summed E-state index contributed by atoms with van der Waals surface area (Å²) in [5, 5.41) is 12.5. The number of rotatable bonds is 8. The van der Waals surface area contributed by atoms with Crippen LogP contribution in [0.4, 0.5) is 0 Å². The molecule has 0 aliphatic carbocycles. The van der Waals surface area contributed by atoms with E-state index in [-0.39, 0.29) is 24.0 Å². The third-order valence-electron chi connectivity index (χ3n) is 4.07. The molecule has 9 heteroatoms. The van der Waals surface area contributed by atoms with Crippen LogP contribution >= 0.6 is 12.2 Å². The standard InChI is InChI=1S/C19H21N5O3S/c1-13-4-2-5-14(12-13)17-22-23-19(28)24(17)10-7-16(25)20-8-9-21-18(26)15-6-3-11-27-15/h2-6,11-12H,7-10H2,1H3,(H,20,25)(H,21,26)(H,23,28). The Labute approximate surface area is 167 Å². The van der Waals surface area contributed by atoms with Crippen molar-refractivity contribution in [3.8, 4) is 11.4 Å². The molecule has 28 heavy (non-hydrogen) atoms. The van der Waals surface area contributed by atoms with E-state index in [1.807, 2.05) is 35.8 Å². The molecule has 3 N–H and O–H groups in total. The molecule has 2 heterocycles. The van der Waals surface area contributed by atoms with Gasteiger partial charge in [-0.1, -0.05) is 23.8 Å². The summed E-state index contributed by atoms with van der Waals surface area (Å²) in [5.74, 6) is 0.494. The second-order valence-electron chi connectivity index (χ2n) is 6.21. The zero-order chi connectivity index (χ0) is 19.9. The zero-order valence-electron chi connectivity index (χ0n) is 15.4. The number of benzene rings is 1. The van der Waals surface area contributed by atoms with E-state index in [1.165, 1.54) is 6.26 Å². The van der Waals surface area contributed by atoms with Gasteiger partial charge in [-0.2, -0.15) is 5.10 Å². The van der Waals surface area contributed by atoms with E-state index in [2.05, 4.69) is 20.8 Å². The first-order valence-corrected chi connectivity index (χ1v) is 9.26. The first kappa shape index (κ1) is 19.6. The van der Waals surface area contributed by atoms with Crippen molar-refractivity contribution in [3.05, 3.63) is 58.8 Å². The highest BCUT2D eigenvalue weighted by atomic mass is 32.1. The second kappa shape index (κ2) is 9.14. The monoisotopic (exact) mass is 399 g/mol. The number of nitrogens with zero attached hydrogens (tertiary/aromatic N) is 2. The van der Waals surface area contributed by atoms with Crippen LogP contribution in [0.15, 0.2) is 47.1 Å². The summed E-state index contributed by atoms with van der Waals surface area (Å²) in [5.41, 5.74) is 2.06. The van der Waals surface area contributed by atoms with Crippen LogP contribution in [-0.4, -0.2) is 39.7 Å². The Kier molecular flexibility index (Phi) is 6.38. The smallest absolute Gasteiger partial charge is 0.287 e. The first-order chi connectivity index (χ1) is 13.5. The third kappa shape index (κ3) is 4.95. The van der Waals surface area contributed by atoms with Crippen molar-refractivity contribution in [2.75, 3.05) is 13.1 Å².